The number of nitrogens with one attached hydrogen (secondary N) is 2. The van der Waals surface area contributed by atoms with Crippen molar-refractivity contribution < 1.29 is 4.79 Å². The van der Waals surface area contributed by atoms with Crippen molar-refractivity contribution in [1.29, 1.82) is 0 Å². The lowest BCUT2D eigenvalue weighted by Gasteiger charge is -2.27. The Bertz CT molecular complexity index is 583. The zero-order chi connectivity index (χ0) is 12.6. The van der Waals surface area contributed by atoms with Crippen molar-refractivity contribution in [3.8, 4) is 0 Å². The van der Waals surface area contributed by atoms with Crippen LogP contribution >= 0.6 is 0 Å². The molecule has 1 aliphatic rings. The number of carbonyl (C=O) groups is 1. The molecule has 0 aliphatic heterocycles. The van der Waals surface area contributed by atoms with E-state index in [1.54, 1.807) is 6.33 Å². The van der Waals surface area contributed by atoms with Gasteiger partial charge in [-0.2, -0.15) is 0 Å². The van der Waals surface area contributed by atoms with Crippen molar-refractivity contribution in [2.24, 2.45) is 5.84 Å². The van der Waals surface area contributed by atoms with Crippen molar-refractivity contribution in [3.05, 3.63) is 30.1 Å². The molecule has 5 nitrogen and oxygen atoms in total. The highest BCUT2D eigenvalue weighted by atomic mass is 16.2. The van der Waals surface area contributed by atoms with Gasteiger partial charge >= 0.3 is 0 Å². The average Bonchev–Trinajstić information content (AvgIpc) is 3.06. The number of benzene rings is 1. The van der Waals surface area contributed by atoms with Crippen LogP contribution in [0.3, 0.4) is 0 Å². The highest BCUT2D eigenvalue weighted by Gasteiger charge is 2.42. The summed E-state index contributed by atoms with van der Waals surface area (Å²) >= 11 is 0. The number of imidazole rings is 1. The molecule has 2 aromatic rings. The molecule has 18 heavy (non-hydrogen) atoms. The number of aromatic nitrogens is 2. The number of hydrogen-bond acceptors (Lipinski definition) is 3. The molecule has 5 heteroatoms. The van der Waals surface area contributed by atoms with Crippen LogP contribution in [0.5, 0.6) is 0 Å². The Morgan fingerprint density at radius 3 is 2.89 bits per heavy atom. The number of nitrogens with two attached hydrogens (primary N) is 1. The number of amides is 1. The number of hydrogen-bond donors (Lipinski definition) is 3. The van der Waals surface area contributed by atoms with Gasteiger partial charge in [-0.05, 0) is 30.5 Å². The molecule has 0 spiro atoms. The smallest absolute Gasteiger partial charge is 0.244 e. The van der Waals surface area contributed by atoms with Gasteiger partial charge in [0.15, 0.2) is 0 Å². The van der Waals surface area contributed by atoms with Gasteiger partial charge in [-0.1, -0.05) is 18.9 Å². The molecule has 1 aliphatic carbocycles. The SMILES string of the molecule is NNC(=O)C1(c2ccc3nc[nH]c3c2)CCCC1. The molecule has 0 unspecified atom stereocenters. The summed E-state index contributed by atoms with van der Waals surface area (Å²) in [6.45, 7) is 0. The molecule has 1 aromatic carbocycles. The molecule has 1 amide bonds. The maximum Gasteiger partial charge on any atom is 0.244 e. The van der Waals surface area contributed by atoms with Crippen LogP contribution in [0.25, 0.3) is 11.0 Å². The second kappa shape index (κ2) is 4.10. The van der Waals surface area contributed by atoms with Gasteiger partial charge in [0.1, 0.15) is 0 Å². The number of nitrogens with zero attached hydrogens (tertiary/aromatic N) is 1. The minimum Gasteiger partial charge on any atom is -0.345 e. The second-order valence-electron chi connectivity index (χ2n) is 4.90. The molecule has 1 fully saturated rings. The molecule has 4 N–H and O–H groups in total. The fourth-order valence-corrected chi connectivity index (χ4v) is 3.00. The molecular formula is C13H16N4O. The Morgan fingerprint density at radius 2 is 2.17 bits per heavy atom. The Balaban J connectivity index is 2.11. The number of carbonyl (C=O) groups excluding carboxylic acids is 1. The monoisotopic (exact) mass is 244 g/mol. The number of fused-ring (bicyclic) bond motifs is 1. The molecule has 0 radical (unpaired) electrons. The Kier molecular flexibility index (Phi) is 2.56. The van der Waals surface area contributed by atoms with Crippen LogP contribution in [0.4, 0.5) is 0 Å². The summed E-state index contributed by atoms with van der Waals surface area (Å²) in [7, 11) is 0. The fourth-order valence-electron chi connectivity index (χ4n) is 3.00. The third kappa shape index (κ3) is 1.51. The summed E-state index contributed by atoms with van der Waals surface area (Å²) in [4.78, 5) is 19.4. The molecule has 0 saturated heterocycles. The van der Waals surface area contributed by atoms with E-state index in [4.69, 9.17) is 5.84 Å². The van der Waals surface area contributed by atoms with E-state index in [2.05, 4.69) is 15.4 Å². The first-order valence-electron chi connectivity index (χ1n) is 6.21. The molecule has 0 atom stereocenters. The van der Waals surface area contributed by atoms with Crippen LogP contribution in [-0.4, -0.2) is 15.9 Å². The van der Waals surface area contributed by atoms with E-state index in [9.17, 15) is 4.79 Å². The lowest BCUT2D eigenvalue weighted by molar-refractivity contribution is -0.126. The zero-order valence-corrected chi connectivity index (χ0v) is 10.1. The van der Waals surface area contributed by atoms with Crippen LogP contribution in [0.2, 0.25) is 0 Å². The summed E-state index contributed by atoms with van der Waals surface area (Å²) in [5, 5.41) is 0. The van der Waals surface area contributed by atoms with E-state index in [0.717, 1.165) is 42.3 Å². The van der Waals surface area contributed by atoms with E-state index in [1.165, 1.54) is 0 Å². The highest BCUT2D eigenvalue weighted by molar-refractivity contribution is 5.89. The van der Waals surface area contributed by atoms with Gasteiger partial charge in [0, 0.05) is 0 Å². The Labute approximate surface area is 105 Å². The zero-order valence-electron chi connectivity index (χ0n) is 10.1. The molecule has 0 bridgehead atoms. The van der Waals surface area contributed by atoms with Crippen LogP contribution in [-0.2, 0) is 10.2 Å². The quantitative estimate of drug-likeness (QED) is 0.424. The molecule has 3 rings (SSSR count). The van der Waals surface area contributed by atoms with Gasteiger partial charge in [0.25, 0.3) is 0 Å². The van der Waals surface area contributed by atoms with Gasteiger partial charge in [-0.25, -0.2) is 10.8 Å². The van der Waals surface area contributed by atoms with Crippen molar-refractivity contribution >= 4 is 16.9 Å². The third-order valence-corrected chi connectivity index (χ3v) is 4.00. The van der Waals surface area contributed by atoms with Crippen LogP contribution in [0.15, 0.2) is 24.5 Å². The van der Waals surface area contributed by atoms with Gasteiger partial charge in [0.05, 0.1) is 22.8 Å². The van der Waals surface area contributed by atoms with E-state index in [0.29, 0.717) is 0 Å². The summed E-state index contributed by atoms with van der Waals surface area (Å²) in [5.74, 6) is 5.26. The number of H-pyrrole nitrogens is 1. The molecule has 1 aromatic heterocycles. The molecule has 1 saturated carbocycles. The van der Waals surface area contributed by atoms with Crippen LogP contribution in [0, 0.1) is 0 Å². The van der Waals surface area contributed by atoms with Gasteiger partial charge in [-0.3, -0.25) is 10.2 Å². The van der Waals surface area contributed by atoms with E-state index < -0.39 is 5.41 Å². The van der Waals surface area contributed by atoms with E-state index >= 15 is 0 Å². The predicted octanol–water partition coefficient (Wildman–Crippen LogP) is 1.36. The minimum atomic E-state index is -0.464. The number of rotatable bonds is 2. The maximum atomic E-state index is 12.1. The Morgan fingerprint density at radius 1 is 1.39 bits per heavy atom. The minimum absolute atomic E-state index is 0.0844. The highest BCUT2D eigenvalue weighted by Crippen LogP contribution is 2.41. The topological polar surface area (TPSA) is 83.8 Å². The first-order valence-corrected chi connectivity index (χ1v) is 6.21. The summed E-state index contributed by atoms with van der Waals surface area (Å²) < 4.78 is 0. The van der Waals surface area contributed by atoms with Crippen molar-refractivity contribution in [2.45, 2.75) is 31.1 Å². The van der Waals surface area contributed by atoms with Crippen molar-refractivity contribution in [1.82, 2.24) is 15.4 Å². The maximum absolute atomic E-state index is 12.1. The summed E-state index contributed by atoms with van der Waals surface area (Å²) in [5.41, 5.74) is 4.76. The number of hydrazine groups is 1. The number of aromatic amines is 1. The van der Waals surface area contributed by atoms with Gasteiger partial charge in [0.2, 0.25) is 5.91 Å². The third-order valence-electron chi connectivity index (χ3n) is 4.00. The van der Waals surface area contributed by atoms with Crippen molar-refractivity contribution in [2.75, 3.05) is 0 Å². The van der Waals surface area contributed by atoms with E-state index in [1.807, 2.05) is 18.2 Å². The summed E-state index contributed by atoms with van der Waals surface area (Å²) in [6, 6.07) is 5.96. The normalized spacial score (nSPS) is 18.1. The summed E-state index contributed by atoms with van der Waals surface area (Å²) in [6.07, 6.45) is 5.51. The fraction of sp³-hybridized carbons (Fsp3) is 0.385. The first kappa shape index (κ1) is 11.2. The van der Waals surface area contributed by atoms with Crippen molar-refractivity contribution in [3.63, 3.8) is 0 Å². The van der Waals surface area contributed by atoms with Crippen LogP contribution < -0.4 is 11.3 Å². The molecular weight excluding hydrogens is 228 g/mol. The largest absolute Gasteiger partial charge is 0.345 e. The first-order chi connectivity index (χ1) is 8.76. The lowest BCUT2D eigenvalue weighted by Crippen LogP contribution is -2.45. The standard InChI is InChI=1S/C13H16N4O/c14-17-12(18)13(5-1-2-6-13)9-3-4-10-11(7-9)16-8-15-10/h3-4,7-8H,1-2,5-6,14H2,(H,15,16)(H,17,18). The van der Waals surface area contributed by atoms with Gasteiger partial charge in [-0.15, -0.1) is 0 Å². The lowest BCUT2D eigenvalue weighted by atomic mass is 9.78. The average molecular weight is 244 g/mol. The Hall–Kier alpha value is -1.88. The second-order valence-corrected chi connectivity index (χ2v) is 4.90. The van der Waals surface area contributed by atoms with Crippen LogP contribution in [0.1, 0.15) is 31.2 Å². The van der Waals surface area contributed by atoms with E-state index in [-0.39, 0.29) is 5.91 Å². The molecule has 1 heterocycles. The predicted molar refractivity (Wildman–Crippen MR) is 68.6 cm³/mol. The molecule has 94 valence electrons. The van der Waals surface area contributed by atoms with Gasteiger partial charge < -0.3 is 4.98 Å².